The fourth-order valence-corrected chi connectivity index (χ4v) is 2.17. The number of hydrogen-bond acceptors (Lipinski definition) is 1. The second kappa shape index (κ2) is 5.42. The minimum atomic E-state index is 0.688. The molecule has 3 rings (SSSR count). The lowest BCUT2D eigenvalue weighted by atomic mass is 10.1. The summed E-state index contributed by atoms with van der Waals surface area (Å²) in [5, 5.41) is 11.3. The molecule has 0 amide bonds. The van der Waals surface area contributed by atoms with Crippen molar-refractivity contribution in [1.29, 1.82) is 5.26 Å². The summed E-state index contributed by atoms with van der Waals surface area (Å²) in [7, 11) is 0. The topological polar surface area (TPSA) is 23.8 Å². The molecule has 0 aliphatic rings. The van der Waals surface area contributed by atoms with Crippen molar-refractivity contribution >= 4 is 22.9 Å². The number of nitriles is 1. The van der Waals surface area contributed by atoms with Gasteiger partial charge in [-0.1, -0.05) is 60.7 Å². The standard InChI is InChI=1S/C19H13N/c20-14-17-9-6-15(7-10-17)5-8-16-11-12-18-3-1-2-4-19(18)13-16/h1-13H. The monoisotopic (exact) mass is 255 g/mol. The Labute approximate surface area is 118 Å². The highest BCUT2D eigenvalue weighted by molar-refractivity contribution is 5.85. The minimum Gasteiger partial charge on any atom is -0.192 e. The van der Waals surface area contributed by atoms with Gasteiger partial charge in [0.05, 0.1) is 11.6 Å². The maximum absolute atomic E-state index is 8.77. The average Bonchev–Trinajstić information content (AvgIpc) is 2.53. The van der Waals surface area contributed by atoms with Gasteiger partial charge in [0.25, 0.3) is 0 Å². The van der Waals surface area contributed by atoms with E-state index >= 15 is 0 Å². The second-order valence-electron chi connectivity index (χ2n) is 4.67. The zero-order valence-corrected chi connectivity index (χ0v) is 11.0. The van der Waals surface area contributed by atoms with Gasteiger partial charge in [-0.15, -0.1) is 0 Å². The molecule has 3 aromatic rings. The number of benzene rings is 3. The predicted molar refractivity (Wildman–Crippen MR) is 84.0 cm³/mol. The molecule has 0 fully saturated rings. The first-order chi connectivity index (χ1) is 9.85. The van der Waals surface area contributed by atoms with E-state index in [4.69, 9.17) is 5.26 Å². The first-order valence-corrected chi connectivity index (χ1v) is 6.52. The predicted octanol–water partition coefficient (Wildman–Crippen LogP) is 4.88. The molecule has 3 aromatic carbocycles. The average molecular weight is 255 g/mol. The molecule has 20 heavy (non-hydrogen) atoms. The normalized spacial score (nSPS) is 10.8. The first kappa shape index (κ1) is 12.2. The smallest absolute Gasteiger partial charge is 0.0991 e. The fraction of sp³-hybridized carbons (Fsp3) is 0. The summed E-state index contributed by atoms with van der Waals surface area (Å²) < 4.78 is 0. The van der Waals surface area contributed by atoms with Crippen molar-refractivity contribution in [3.63, 3.8) is 0 Å². The SMILES string of the molecule is N#Cc1ccc(C=Cc2ccc3ccccc3c2)cc1. The van der Waals surface area contributed by atoms with Gasteiger partial charge in [-0.05, 0) is 40.1 Å². The van der Waals surface area contributed by atoms with Crippen LogP contribution in [-0.2, 0) is 0 Å². The Bertz CT molecular complexity index is 805. The zero-order valence-electron chi connectivity index (χ0n) is 11.0. The lowest BCUT2D eigenvalue weighted by molar-refractivity contribution is 1.48. The van der Waals surface area contributed by atoms with E-state index < -0.39 is 0 Å². The van der Waals surface area contributed by atoms with Crippen molar-refractivity contribution in [2.75, 3.05) is 0 Å². The van der Waals surface area contributed by atoms with Gasteiger partial charge < -0.3 is 0 Å². The Kier molecular flexibility index (Phi) is 3.31. The molecule has 0 spiro atoms. The third kappa shape index (κ3) is 2.60. The van der Waals surface area contributed by atoms with Crippen LogP contribution in [0.2, 0.25) is 0 Å². The van der Waals surface area contributed by atoms with E-state index in [1.807, 2.05) is 24.3 Å². The summed E-state index contributed by atoms with van der Waals surface area (Å²) in [4.78, 5) is 0. The van der Waals surface area contributed by atoms with E-state index in [1.165, 1.54) is 16.3 Å². The molecule has 0 saturated carbocycles. The highest BCUT2D eigenvalue weighted by Crippen LogP contribution is 2.17. The molecule has 94 valence electrons. The molecule has 1 heteroatoms. The van der Waals surface area contributed by atoms with Gasteiger partial charge in [-0.2, -0.15) is 5.26 Å². The van der Waals surface area contributed by atoms with Crippen molar-refractivity contribution < 1.29 is 0 Å². The summed E-state index contributed by atoms with van der Waals surface area (Å²) in [6.07, 6.45) is 4.15. The Morgan fingerprint density at radius 1 is 0.700 bits per heavy atom. The summed E-state index contributed by atoms with van der Waals surface area (Å²) in [5.74, 6) is 0. The van der Waals surface area contributed by atoms with Crippen LogP contribution in [0, 0.1) is 11.3 Å². The highest BCUT2D eigenvalue weighted by Gasteiger charge is 1.93. The van der Waals surface area contributed by atoms with E-state index in [2.05, 4.69) is 60.7 Å². The van der Waals surface area contributed by atoms with Gasteiger partial charge in [-0.25, -0.2) is 0 Å². The van der Waals surface area contributed by atoms with E-state index in [9.17, 15) is 0 Å². The molecule has 0 heterocycles. The van der Waals surface area contributed by atoms with Crippen molar-refractivity contribution in [3.8, 4) is 6.07 Å². The molecule has 0 atom stereocenters. The van der Waals surface area contributed by atoms with Crippen LogP contribution < -0.4 is 0 Å². The molecule has 0 bridgehead atoms. The van der Waals surface area contributed by atoms with Gasteiger partial charge in [0.1, 0.15) is 0 Å². The van der Waals surface area contributed by atoms with Gasteiger partial charge in [-0.3, -0.25) is 0 Å². The Balaban J connectivity index is 1.88. The van der Waals surface area contributed by atoms with Gasteiger partial charge >= 0.3 is 0 Å². The molecular weight excluding hydrogens is 242 g/mol. The Hall–Kier alpha value is -2.85. The van der Waals surface area contributed by atoms with Crippen molar-refractivity contribution in [2.24, 2.45) is 0 Å². The first-order valence-electron chi connectivity index (χ1n) is 6.52. The van der Waals surface area contributed by atoms with Crippen molar-refractivity contribution in [3.05, 3.63) is 83.4 Å². The van der Waals surface area contributed by atoms with Crippen LogP contribution in [0.3, 0.4) is 0 Å². The minimum absolute atomic E-state index is 0.688. The lowest BCUT2D eigenvalue weighted by Crippen LogP contribution is -1.77. The summed E-state index contributed by atoms with van der Waals surface area (Å²) in [5.41, 5.74) is 2.96. The summed E-state index contributed by atoms with van der Waals surface area (Å²) in [6.45, 7) is 0. The molecule has 0 aromatic heterocycles. The Morgan fingerprint density at radius 3 is 2.10 bits per heavy atom. The third-order valence-electron chi connectivity index (χ3n) is 3.28. The number of rotatable bonds is 2. The van der Waals surface area contributed by atoms with Crippen LogP contribution in [0.1, 0.15) is 16.7 Å². The number of fused-ring (bicyclic) bond motifs is 1. The quantitative estimate of drug-likeness (QED) is 0.598. The van der Waals surface area contributed by atoms with E-state index in [-0.39, 0.29) is 0 Å². The maximum atomic E-state index is 8.77. The molecular formula is C19H13N. The Morgan fingerprint density at radius 2 is 1.35 bits per heavy atom. The fourth-order valence-electron chi connectivity index (χ4n) is 2.17. The molecule has 0 radical (unpaired) electrons. The van der Waals surface area contributed by atoms with Crippen LogP contribution in [0.5, 0.6) is 0 Å². The van der Waals surface area contributed by atoms with Crippen molar-refractivity contribution in [2.45, 2.75) is 0 Å². The molecule has 1 nitrogen and oxygen atoms in total. The van der Waals surface area contributed by atoms with E-state index in [0.717, 1.165) is 5.56 Å². The molecule has 0 aliphatic carbocycles. The van der Waals surface area contributed by atoms with Crippen LogP contribution in [0.4, 0.5) is 0 Å². The zero-order chi connectivity index (χ0) is 13.8. The largest absolute Gasteiger partial charge is 0.192 e. The van der Waals surface area contributed by atoms with Crippen LogP contribution in [0.25, 0.3) is 22.9 Å². The molecule has 0 N–H and O–H groups in total. The van der Waals surface area contributed by atoms with Crippen molar-refractivity contribution in [1.82, 2.24) is 0 Å². The second-order valence-corrected chi connectivity index (χ2v) is 4.67. The molecule has 0 saturated heterocycles. The van der Waals surface area contributed by atoms with Gasteiger partial charge in [0.15, 0.2) is 0 Å². The number of nitrogens with zero attached hydrogens (tertiary/aromatic N) is 1. The summed E-state index contributed by atoms with van der Waals surface area (Å²) in [6, 6.07) is 24.5. The lowest BCUT2D eigenvalue weighted by Gasteiger charge is -1.99. The summed E-state index contributed by atoms with van der Waals surface area (Å²) >= 11 is 0. The highest BCUT2D eigenvalue weighted by atomic mass is 14.2. The van der Waals surface area contributed by atoms with Crippen LogP contribution in [-0.4, -0.2) is 0 Å². The van der Waals surface area contributed by atoms with E-state index in [1.54, 1.807) is 0 Å². The van der Waals surface area contributed by atoms with Gasteiger partial charge in [0.2, 0.25) is 0 Å². The van der Waals surface area contributed by atoms with E-state index in [0.29, 0.717) is 5.56 Å². The van der Waals surface area contributed by atoms with Crippen LogP contribution in [0.15, 0.2) is 66.7 Å². The molecule has 0 aliphatic heterocycles. The molecule has 0 unspecified atom stereocenters. The number of hydrogen-bond donors (Lipinski definition) is 0. The van der Waals surface area contributed by atoms with Crippen LogP contribution >= 0.6 is 0 Å². The third-order valence-corrected chi connectivity index (χ3v) is 3.28. The maximum Gasteiger partial charge on any atom is 0.0991 e. The van der Waals surface area contributed by atoms with Gasteiger partial charge in [0, 0.05) is 0 Å².